The Morgan fingerprint density at radius 1 is 1.53 bits per heavy atom. The van der Waals surface area contributed by atoms with Gasteiger partial charge >= 0.3 is 0 Å². The smallest absolute Gasteiger partial charge is 0.122 e. The van der Waals surface area contributed by atoms with Crippen LogP contribution < -0.4 is 5.73 Å². The number of nitrogens with two attached hydrogens (primary N) is 1. The van der Waals surface area contributed by atoms with Crippen molar-refractivity contribution in [1.29, 1.82) is 0 Å². The summed E-state index contributed by atoms with van der Waals surface area (Å²) in [5.41, 5.74) is 6.14. The summed E-state index contributed by atoms with van der Waals surface area (Å²) in [6.07, 6.45) is 1.73. The standard InChI is InChI=1S/C13H22N2OS/c1-10(14)12(11-5-4-7-16-11)15-6-8-17-13(2,3)9-15/h4-5,7,10,12H,6,8-9,14H2,1-3H3. The maximum absolute atomic E-state index is 6.14. The van der Waals surface area contributed by atoms with E-state index in [1.165, 1.54) is 0 Å². The second-order valence-corrected chi connectivity index (χ2v) is 7.20. The molecule has 1 aromatic rings. The van der Waals surface area contributed by atoms with Gasteiger partial charge in [-0.1, -0.05) is 0 Å². The van der Waals surface area contributed by atoms with Gasteiger partial charge in [-0.05, 0) is 32.9 Å². The summed E-state index contributed by atoms with van der Waals surface area (Å²) in [6, 6.07) is 4.25. The summed E-state index contributed by atoms with van der Waals surface area (Å²) in [7, 11) is 0. The molecular formula is C13H22N2OS. The van der Waals surface area contributed by atoms with Crippen molar-refractivity contribution in [3.05, 3.63) is 24.2 Å². The Hall–Kier alpha value is -0.450. The lowest BCUT2D eigenvalue weighted by atomic mass is 10.0. The Morgan fingerprint density at radius 2 is 2.29 bits per heavy atom. The zero-order valence-corrected chi connectivity index (χ0v) is 11.7. The molecule has 1 aliphatic rings. The second-order valence-electron chi connectivity index (χ2n) is 5.40. The van der Waals surface area contributed by atoms with Crippen LogP contribution in [0.5, 0.6) is 0 Å². The maximum atomic E-state index is 6.14. The van der Waals surface area contributed by atoms with E-state index in [1.54, 1.807) is 6.26 Å². The molecule has 0 radical (unpaired) electrons. The van der Waals surface area contributed by atoms with E-state index < -0.39 is 0 Å². The molecule has 4 heteroatoms. The normalized spacial score (nSPS) is 24.5. The monoisotopic (exact) mass is 254 g/mol. The Balaban J connectivity index is 2.17. The summed E-state index contributed by atoms with van der Waals surface area (Å²) in [6.45, 7) is 8.79. The predicted molar refractivity (Wildman–Crippen MR) is 73.2 cm³/mol. The molecule has 17 heavy (non-hydrogen) atoms. The minimum absolute atomic E-state index is 0.0834. The molecule has 0 bridgehead atoms. The van der Waals surface area contributed by atoms with Crippen molar-refractivity contribution in [2.45, 2.75) is 37.6 Å². The van der Waals surface area contributed by atoms with Crippen LogP contribution >= 0.6 is 11.8 Å². The fourth-order valence-electron chi connectivity index (χ4n) is 2.52. The minimum atomic E-state index is 0.0834. The van der Waals surface area contributed by atoms with Crippen molar-refractivity contribution < 1.29 is 4.42 Å². The average Bonchev–Trinajstić information content (AvgIpc) is 2.69. The van der Waals surface area contributed by atoms with E-state index in [4.69, 9.17) is 10.2 Å². The second kappa shape index (κ2) is 5.04. The highest BCUT2D eigenvalue weighted by molar-refractivity contribution is 8.00. The van der Waals surface area contributed by atoms with E-state index in [-0.39, 0.29) is 12.1 Å². The Bertz CT molecular complexity index is 348. The summed E-state index contributed by atoms with van der Waals surface area (Å²) >= 11 is 2.04. The van der Waals surface area contributed by atoms with Gasteiger partial charge in [0.1, 0.15) is 5.76 Å². The van der Waals surface area contributed by atoms with E-state index in [0.29, 0.717) is 4.75 Å². The summed E-state index contributed by atoms with van der Waals surface area (Å²) < 4.78 is 5.85. The van der Waals surface area contributed by atoms with Crippen molar-refractivity contribution in [1.82, 2.24) is 4.90 Å². The van der Waals surface area contributed by atoms with Crippen LogP contribution in [-0.2, 0) is 0 Å². The number of thioether (sulfide) groups is 1. The van der Waals surface area contributed by atoms with Crippen LogP contribution in [0.2, 0.25) is 0 Å². The van der Waals surface area contributed by atoms with Crippen molar-refractivity contribution >= 4 is 11.8 Å². The molecule has 1 aliphatic heterocycles. The van der Waals surface area contributed by atoms with Gasteiger partial charge in [0, 0.05) is 29.6 Å². The molecule has 0 saturated carbocycles. The molecule has 2 atom stereocenters. The van der Waals surface area contributed by atoms with E-state index in [0.717, 1.165) is 24.6 Å². The van der Waals surface area contributed by atoms with E-state index in [2.05, 4.69) is 25.7 Å². The lowest BCUT2D eigenvalue weighted by Crippen LogP contribution is -2.49. The molecule has 0 aliphatic carbocycles. The molecule has 2 rings (SSSR count). The highest BCUT2D eigenvalue weighted by Crippen LogP contribution is 2.35. The third-order valence-corrected chi connectivity index (χ3v) is 4.48. The van der Waals surface area contributed by atoms with Crippen molar-refractivity contribution in [2.75, 3.05) is 18.8 Å². The topological polar surface area (TPSA) is 42.4 Å². The highest BCUT2D eigenvalue weighted by atomic mass is 32.2. The summed E-state index contributed by atoms with van der Waals surface area (Å²) in [4.78, 5) is 2.46. The van der Waals surface area contributed by atoms with Gasteiger partial charge in [0.05, 0.1) is 12.3 Å². The molecule has 3 nitrogen and oxygen atoms in total. The van der Waals surface area contributed by atoms with Gasteiger partial charge in [0.25, 0.3) is 0 Å². The van der Waals surface area contributed by atoms with Crippen LogP contribution in [0.3, 0.4) is 0 Å². The van der Waals surface area contributed by atoms with Crippen molar-refractivity contribution in [3.8, 4) is 0 Å². The molecule has 0 spiro atoms. The molecule has 1 saturated heterocycles. The molecule has 96 valence electrons. The Labute approximate surface area is 108 Å². The molecule has 2 heterocycles. The Kier molecular flexibility index (Phi) is 3.85. The Morgan fingerprint density at radius 3 is 2.82 bits per heavy atom. The van der Waals surface area contributed by atoms with Gasteiger partial charge in [0.15, 0.2) is 0 Å². The van der Waals surface area contributed by atoms with Gasteiger partial charge in [0.2, 0.25) is 0 Å². The predicted octanol–water partition coefficient (Wildman–Crippen LogP) is 2.50. The molecule has 0 amide bonds. The zero-order chi connectivity index (χ0) is 12.5. The molecule has 2 unspecified atom stereocenters. The van der Waals surface area contributed by atoms with Crippen LogP contribution in [0.15, 0.2) is 22.8 Å². The van der Waals surface area contributed by atoms with Crippen LogP contribution in [-0.4, -0.2) is 34.5 Å². The van der Waals surface area contributed by atoms with Gasteiger partial charge in [-0.3, -0.25) is 4.90 Å². The quantitative estimate of drug-likeness (QED) is 0.900. The van der Waals surface area contributed by atoms with Crippen LogP contribution in [0.4, 0.5) is 0 Å². The molecule has 1 fully saturated rings. The van der Waals surface area contributed by atoms with E-state index >= 15 is 0 Å². The summed E-state index contributed by atoms with van der Waals surface area (Å²) in [5, 5.41) is 0. The lowest BCUT2D eigenvalue weighted by Gasteiger charge is -2.42. The zero-order valence-electron chi connectivity index (χ0n) is 10.8. The van der Waals surface area contributed by atoms with Gasteiger partial charge in [-0.25, -0.2) is 0 Å². The first-order valence-corrected chi connectivity index (χ1v) is 7.15. The minimum Gasteiger partial charge on any atom is -0.468 e. The first-order chi connectivity index (χ1) is 7.99. The molecular weight excluding hydrogens is 232 g/mol. The van der Waals surface area contributed by atoms with Crippen LogP contribution in [0.25, 0.3) is 0 Å². The SMILES string of the molecule is CC(N)C(c1ccco1)N1CCSC(C)(C)C1. The number of furan rings is 1. The maximum Gasteiger partial charge on any atom is 0.122 e. The fourth-order valence-corrected chi connectivity index (χ4v) is 3.66. The number of hydrogen-bond acceptors (Lipinski definition) is 4. The summed E-state index contributed by atoms with van der Waals surface area (Å²) in [5.74, 6) is 2.15. The number of hydrogen-bond donors (Lipinski definition) is 1. The largest absolute Gasteiger partial charge is 0.468 e. The number of rotatable bonds is 3. The van der Waals surface area contributed by atoms with E-state index in [9.17, 15) is 0 Å². The van der Waals surface area contributed by atoms with Crippen molar-refractivity contribution in [3.63, 3.8) is 0 Å². The third-order valence-electron chi connectivity index (χ3n) is 3.18. The number of nitrogens with zero attached hydrogens (tertiary/aromatic N) is 1. The first kappa shape index (κ1) is 13.0. The van der Waals surface area contributed by atoms with Gasteiger partial charge in [-0.2, -0.15) is 11.8 Å². The van der Waals surface area contributed by atoms with E-state index in [1.807, 2.05) is 23.9 Å². The average molecular weight is 254 g/mol. The molecule has 1 aromatic heterocycles. The van der Waals surface area contributed by atoms with Crippen molar-refractivity contribution in [2.24, 2.45) is 5.73 Å². The molecule has 2 N–H and O–H groups in total. The fraction of sp³-hybridized carbons (Fsp3) is 0.692. The highest BCUT2D eigenvalue weighted by Gasteiger charge is 2.34. The third kappa shape index (κ3) is 3.06. The van der Waals surface area contributed by atoms with Gasteiger partial charge < -0.3 is 10.2 Å². The lowest BCUT2D eigenvalue weighted by molar-refractivity contribution is 0.148. The van der Waals surface area contributed by atoms with Crippen LogP contribution in [0.1, 0.15) is 32.6 Å². The first-order valence-electron chi connectivity index (χ1n) is 6.16. The van der Waals surface area contributed by atoms with Gasteiger partial charge in [-0.15, -0.1) is 0 Å². The van der Waals surface area contributed by atoms with Crippen LogP contribution in [0, 0.1) is 0 Å². The molecule has 0 aromatic carbocycles.